The third-order valence-electron chi connectivity index (χ3n) is 2.27. The number of hydrogen-bond acceptors (Lipinski definition) is 3. The molecule has 0 fully saturated rings. The molecule has 1 aromatic heterocycles. The lowest BCUT2D eigenvalue weighted by molar-refractivity contribution is -0.152. The number of hydrogen-bond donors (Lipinski definition) is 2. The molecule has 1 aromatic carbocycles. The summed E-state index contributed by atoms with van der Waals surface area (Å²) in [5, 5.41) is 3.45. The largest absolute Gasteiger partial charge is 0.459 e. The average molecular weight is 232 g/mol. The molecule has 88 valence electrons. The summed E-state index contributed by atoms with van der Waals surface area (Å²) in [5.74, 6) is -1.64. The van der Waals surface area contributed by atoms with E-state index < -0.39 is 11.9 Å². The predicted octanol–water partition coefficient (Wildman–Crippen LogP) is 1.67. The fourth-order valence-electron chi connectivity index (χ4n) is 1.51. The highest BCUT2D eigenvalue weighted by molar-refractivity contribution is 6.37. The van der Waals surface area contributed by atoms with Gasteiger partial charge in [-0.1, -0.05) is 0 Å². The Morgan fingerprint density at radius 3 is 2.94 bits per heavy atom. The van der Waals surface area contributed by atoms with Gasteiger partial charge < -0.3 is 15.0 Å². The Morgan fingerprint density at radius 2 is 2.18 bits per heavy atom. The van der Waals surface area contributed by atoms with Crippen molar-refractivity contribution in [2.24, 2.45) is 0 Å². The molecule has 0 spiro atoms. The third-order valence-corrected chi connectivity index (χ3v) is 2.27. The summed E-state index contributed by atoms with van der Waals surface area (Å²) in [4.78, 5) is 25.5. The standard InChI is InChI=1S/C12H12N2O3/c1-2-17-12(16)11(15)14-9-3-4-10-8(7-9)5-6-13-10/h3-7,13H,2H2,1H3,(H,14,15). The molecule has 0 unspecified atom stereocenters. The maximum Gasteiger partial charge on any atom is 0.397 e. The van der Waals surface area contributed by atoms with Gasteiger partial charge in [-0.3, -0.25) is 4.79 Å². The highest BCUT2D eigenvalue weighted by atomic mass is 16.5. The van der Waals surface area contributed by atoms with Gasteiger partial charge in [0.15, 0.2) is 0 Å². The second-order valence-corrected chi connectivity index (χ2v) is 3.45. The molecular formula is C12H12N2O3. The van der Waals surface area contributed by atoms with E-state index in [4.69, 9.17) is 0 Å². The molecule has 1 amide bonds. The number of carbonyl (C=O) groups is 2. The number of aromatic nitrogens is 1. The number of amides is 1. The van der Waals surface area contributed by atoms with Crippen LogP contribution in [0, 0.1) is 0 Å². The number of esters is 1. The molecule has 0 aliphatic carbocycles. The smallest absolute Gasteiger partial charge is 0.397 e. The number of fused-ring (bicyclic) bond motifs is 1. The first kappa shape index (κ1) is 11.2. The number of benzene rings is 1. The van der Waals surface area contributed by atoms with Gasteiger partial charge in [0.2, 0.25) is 0 Å². The molecule has 0 saturated carbocycles. The van der Waals surface area contributed by atoms with E-state index in [9.17, 15) is 9.59 Å². The molecule has 0 bridgehead atoms. The van der Waals surface area contributed by atoms with Crippen LogP contribution in [-0.4, -0.2) is 23.5 Å². The van der Waals surface area contributed by atoms with E-state index in [2.05, 4.69) is 15.0 Å². The number of anilines is 1. The van der Waals surface area contributed by atoms with Crippen LogP contribution in [0.4, 0.5) is 5.69 Å². The van der Waals surface area contributed by atoms with Gasteiger partial charge in [-0.25, -0.2) is 4.79 Å². The lowest BCUT2D eigenvalue weighted by Crippen LogP contribution is -2.24. The topological polar surface area (TPSA) is 71.2 Å². The Labute approximate surface area is 97.8 Å². The Balaban J connectivity index is 2.12. The van der Waals surface area contributed by atoms with Crippen LogP contribution in [0.3, 0.4) is 0 Å². The van der Waals surface area contributed by atoms with E-state index in [0.29, 0.717) is 5.69 Å². The molecule has 0 atom stereocenters. The van der Waals surface area contributed by atoms with Gasteiger partial charge in [0.25, 0.3) is 0 Å². The van der Waals surface area contributed by atoms with Crippen LogP contribution in [0.25, 0.3) is 10.9 Å². The molecule has 2 aromatic rings. The van der Waals surface area contributed by atoms with Gasteiger partial charge in [0.05, 0.1) is 6.61 Å². The Bertz CT molecular complexity index is 560. The maximum atomic E-state index is 11.4. The summed E-state index contributed by atoms with van der Waals surface area (Å²) in [6.45, 7) is 1.83. The van der Waals surface area contributed by atoms with Gasteiger partial charge in [-0.2, -0.15) is 0 Å². The highest BCUT2D eigenvalue weighted by Gasteiger charge is 2.14. The van der Waals surface area contributed by atoms with E-state index in [1.165, 1.54) is 0 Å². The van der Waals surface area contributed by atoms with Crippen molar-refractivity contribution in [1.29, 1.82) is 0 Å². The van der Waals surface area contributed by atoms with Crippen molar-refractivity contribution >= 4 is 28.5 Å². The minimum absolute atomic E-state index is 0.184. The van der Waals surface area contributed by atoms with Crippen molar-refractivity contribution in [2.45, 2.75) is 6.92 Å². The lowest BCUT2D eigenvalue weighted by atomic mass is 10.2. The Hall–Kier alpha value is -2.30. The molecule has 5 nitrogen and oxygen atoms in total. The van der Waals surface area contributed by atoms with Crippen LogP contribution < -0.4 is 5.32 Å². The summed E-state index contributed by atoms with van der Waals surface area (Å²) < 4.78 is 4.59. The highest BCUT2D eigenvalue weighted by Crippen LogP contribution is 2.17. The Kier molecular flexibility index (Phi) is 3.09. The number of aromatic amines is 1. The summed E-state index contributed by atoms with van der Waals surface area (Å²) >= 11 is 0. The first-order chi connectivity index (χ1) is 8.20. The van der Waals surface area contributed by atoms with E-state index in [1.54, 1.807) is 19.1 Å². The fraction of sp³-hybridized carbons (Fsp3) is 0.167. The first-order valence-electron chi connectivity index (χ1n) is 5.26. The minimum Gasteiger partial charge on any atom is -0.459 e. The second-order valence-electron chi connectivity index (χ2n) is 3.45. The van der Waals surface area contributed by atoms with E-state index in [-0.39, 0.29) is 6.61 Å². The summed E-state index contributed by atoms with van der Waals surface area (Å²) in [7, 11) is 0. The monoisotopic (exact) mass is 232 g/mol. The summed E-state index contributed by atoms with van der Waals surface area (Å²) in [6, 6.07) is 7.21. The van der Waals surface area contributed by atoms with Crippen molar-refractivity contribution in [2.75, 3.05) is 11.9 Å². The zero-order valence-electron chi connectivity index (χ0n) is 9.32. The van der Waals surface area contributed by atoms with Crippen LogP contribution in [0.1, 0.15) is 6.92 Å². The van der Waals surface area contributed by atoms with Crippen LogP contribution in [-0.2, 0) is 14.3 Å². The zero-order valence-corrected chi connectivity index (χ0v) is 9.32. The van der Waals surface area contributed by atoms with Crippen molar-refractivity contribution in [3.63, 3.8) is 0 Å². The minimum atomic E-state index is -0.873. The van der Waals surface area contributed by atoms with Crippen molar-refractivity contribution in [3.8, 4) is 0 Å². The van der Waals surface area contributed by atoms with Crippen LogP contribution >= 0.6 is 0 Å². The molecular weight excluding hydrogens is 220 g/mol. The molecule has 0 aliphatic heterocycles. The zero-order chi connectivity index (χ0) is 12.3. The van der Waals surface area contributed by atoms with Crippen molar-refractivity contribution < 1.29 is 14.3 Å². The SMILES string of the molecule is CCOC(=O)C(=O)Nc1ccc2[nH]ccc2c1. The normalized spacial score (nSPS) is 10.2. The predicted molar refractivity (Wildman–Crippen MR) is 63.6 cm³/mol. The molecule has 5 heteroatoms. The Morgan fingerprint density at radius 1 is 1.35 bits per heavy atom. The molecule has 0 saturated heterocycles. The maximum absolute atomic E-state index is 11.4. The van der Waals surface area contributed by atoms with Crippen LogP contribution in [0.15, 0.2) is 30.5 Å². The quantitative estimate of drug-likeness (QED) is 0.611. The fourth-order valence-corrected chi connectivity index (χ4v) is 1.51. The van der Waals surface area contributed by atoms with Crippen LogP contribution in [0.2, 0.25) is 0 Å². The van der Waals surface area contributed by atoms with E-state index in [0.717, 1.165) is 10.9 Å². The van der Waals surface area contributed by atoms with Gasteiger partial charge >= 0.3 is 11.9 Å². The van der Waals surface area contributed by atoms with E-state index in [1.807, 2.05) is 18.3 Å². The number of H-pyrrole nitrogens is 1. The van der Waals surface area contributed by atoms with E-state index >= 15 is 0 Å². The van der Waals surface area contributed by atoms with Gasteiger partial charge in [0, 0.05) is 22.8 Å². The molecule has 1 heterocycles. The molecule has 2 rings (SSSR count). The van der Waals surface area contributed by atoms with Gasteiger partial charge in [-0.15, -0.1) is 0 Å². The van der Waals surface area contributed by atoms with Crippen LogP contribution in [0.5, 0.6) is 0 Å². The molecule has 0 radical (unpaired) electrons. The summed E-state index contributed by atoms with van der Waals surface area (Å²) in [5.41, 5.74) is 1.54. The van der Waals surface area contributed by atoms with Crippen molar-refractivity contribution in [3.05, 3.63) is 30.5 Å². The van der Waals surface area contributed by atoms with Gasteiger partial charge in [0.1, 0.15) is 0 Å². The average Bonchev–Trinajstić information content (AvgIpc) is 2.76. The molecule has 2 N–H and O–H groups in total. The summed E-state index contributed by atoms with van der Waals surface area (Å²) in [6.07, 6.45) is 1.81. The number of carbonyl (C=O) groups excluding carboxylic acids is 2. The second kappa shape index (κ2) is 4.69. The molecule has 17 heavy (non-hydrogen) atoms. The first-order valence-corrected chi connectivity index (χ1v) is 5.26. The molecule has 0 aliphatic rings. The van der Waals surface area contributed by atoms with Crippen molar-refractivity contribution in [1.82, 2.24) is 4.98 Å². The number of rotatable bonds is 2. The number of nitrogens with one attached hydrogen (secondary N) is 2. The number of ether oxygens (including phenoxy) is 1. The third kappa shape index (κ3) is 2.44. The van der Waals surface area contributed by atoms with Gasteiger partial charge in [-0.05, 0) is 31.2 Å². The lowest BCUT2D eigenvalue weighted by Gasteiger charge is -2.04.